The molecular weight excluding hydrogens is 287 g/mol. The van der Waals surface area contributed by atoms with Crippen LogP contribution in [0.3, 0.4) is 0 Å². The lowest BCUT2D eigenvalue weighted by molar-refractivity contribution is -0.137. The minimum atomic E-state index is -4.32. The van der Waals surface area contributed by atoms with E-state index < -0.39 is 17.8 Å². The molecule has 1 aromatic heterocycles. The number of aryl methyl sites for hydroxylation is 1. The normalized spacial score (nSPS) is 13.4. The Hall–Kier alpha value is -1.40. The average Bonchev–Trinajstić information content (AvgIpc) is 2.74. The molecule has 0 saturated carbocycles. The number of aromatic nitrogens is 1. The van der Waals surface area contributed by atoms with Crippen LogP contribution in [0.2, 0.25) is 0 Å². The topological polar surface area (TPSA) is 33.1 Å². The summed E-state index contributed by atoms with van der Waals surface area (Å²) < 4.78 is 37.2. The van der Waals surface area contributed by atoms with Crippen molar-refractivity contribution in [3.8, 4) is 0 Å². The summed E-state index contributed by atoms with van der Waals surface area (Å²) in [6, 6.07) is 4.88. The third-order valence-electron chi connectivity index (χ3n) is 2.83. The molecule has 0 spiro atoms. The standard InChI is InChI=1S/C14H14F3NOS/c1-9-8-20-13(18-9)7-12(19)6-10-2-4-11(5-3-10)14(15,16)17/h2-5,8,12,19H,6-7H2,1H3. The molecule has 1 N–H and O–H groups in total. The molecule has 6 heteroatoms. The summed E-state index contributed by atoms with van der Waals surface area (Å²) in [5, 5.41) is 12.7. The number of aliphatic hydroxyl groups is 1. The van der Waals surface area contributed by atoms with Crippen molar-refractivity contribution in [1.82, 2.24) is 4.98 Å². The van der Waals surface area contributed by atoms with E-state index in [9.17, 15) is 18.3 Å². The molecule has 2 rings (SSSR count). The number of hydrogen-bond acceptors (Lipinski definition) is 3. The van der Waals surface area contributed by atoms with Crippen molar-refractivity contribution < 1.29 is 18.3 Å². The van der Waals surface area contributed by atoms with Gasteiger partial charge in [0.15, 0.2) is 0 Å². The van der Waals surface area contributed by atoms with Gasteiger partial charge in [0, 0.05) is 17.5 Å². The van der Waals surface area contributed by atoms with Crippen LogP contribution < -0.4 is 0 Å². The first-order valence-electron chi connectivity index (χ1n) is 6.10. The predicted octanol–water partition coefficient (Wildman–Crippen LogP) is 3.62. The van der Waals surface area contributed by atoms with Crippen LogP contribution in [0, 0.1) is 6.92 Å². The Morgan fingerprint density at radius 2 is 1.85 bits per heavy atom. The number of rotatable bonds is 4. The second-order valence-electron chi connectivity index (χ2n) is 4.64. The Morgan fingerprint density at radius 1 is 1.20 bits per heavy atom. The highest BCUT2D eigenvalue weighted by molar-refractivity contribution is 7.09. The fraction of sp³-hybridized carbons (Fsp3) is 0.357. The Labute approximate surface area is 118 Å². The van der Waals surface area contributed by atoms with Gasteiger partial charge in [-0.15, -0.1) is 11.3 Å². The molecule has 0 fully saturated rings. The van der Waals surface area contributed by atoms with Crippen LogP contribution in [0.25, 0.3) is 0 Å². The fourth-order valence-corrected chi connectivity index (χ4v) is 2.72. The molecule has 2 aromatic rings. The van der Waals surface area contributed by atoms with Gasteiger partial charge in [0.25, 0.3) is 0 Å². The highest BCUT2D eigenvalue weighted by Crippen LogP contribution is 2.29. The van der Waals surface area contributed by atoms with Gasteiger partial charge < -0.3 is 5.11 Å². The first-order valence-corrected chi connectivity index (χ1v) is 6.98. The third-order valence-corrected chi connectivity index (χ3v) is 3.82. The SMILES string of the molecule is Cc1csc(CC(O)Cc2ccc(C(F)(F)F)cc2)n1. The van der Waals surface area contributed by atoms with E-state index >= 15 is 0 Å². The van der Waals surface area contributed by atoms with Crippen molar-refractivity contribution in [2.45, 2.75) is 32.0 Å². The van der Waals surface area contributed by atoms with Crippen molar-refractivity contribution in [3.05, 3.63) is 51.5 Å². The molecular formula is C14H14F3NOS. The summed E-state index contributed by atoms with van der Waals surface area (Å²) in [5.41, 5.74) is 0.914. The second kappa shape index (κ2) is 5.93. The molecule has 2 nitrogen and oxygen atoms in total. The summed E-state index contributed by atoms with van der Waals surface area (Å²) in [4.78, 5) is 4.25. The summed E-state index contributed by atoms with van der Waals surface area (Å²) in [5.74, 6) is 0. The molecule has 0 aliphatic rings. The minimum absolute atomic E-state index is 0.316. The van der Waals surface area contributed by atoms with Gasteiger partial charge in [0.05, 0.1) is 16.7 Å². The molecule has 0 amide bonds. The van der Waals surface area contributed by atoms with Gasteiger partial charge in [0.1, 0.15) is 0 Å². The number of halogens is 3. The number of benzene rings is 1. The van der Waals surface area contributed by atoms with Crippen molar-refractivity contribution in [2.24, 2.45) is 0 Å². The fourth-order valence-electron chi connectivity index (χ4n) is 1.87. The van der Waals surface area contributed by atoms with Crippen LogP contribution in [0.15, 0.2) is 29.6 Å². The molecule has 1 heterocycles. The van der Waals surface area contributed by atoms with Crippen molar-refractivity contribution in [3.63, 3.8) is 0 Å². The van der Waals surface area contributed by atoms with E-state index in [0.717, 1.165) is 22.8 Å². The summed E-state index contributed by atoms with van der Waals surface area (Å²) in [7, 11) is 0. The van der Waals surface area contributed by atoms with Crippen molar-refractivity contribution in [2.75, 3.05) is 0 Å². The highest BCUT2D eigenvalue weighted by Gasteiger charge is 2.29. The predicted molar refractivity (Wildman–Crippen MR) is 71.7 cm³/mol. The van der Waals surface area contributed by atoms with Crippen LogP contribution >= 0.6 is 11.3 Å². The van der Waals surface area contributed by atoms with Gasteiger partial charge in [-0.1, -0.05) is 12.1 Å². The van der Waals surface area contributed by atoms with Crippen LogP contribution in [0.5, 0.6) is 0 Å². The Morgan fingerprint density at radius 3 is 2.35 bits per heavy atom. The van der Waals surface area contributed by atoms with E-state index in [1.165, 1.54) is 23.5 Å². The van der Waals surface area contributed by atoms with Gasteiger partial charge in [-0.2, -0.15) is 13.2 Å². The second-order valence-corrected chi connectivity index (χ2v) is 5.58. The third kappa shape index (κ3) is 4.05. The van der Waals surface area contributed by atoms with E-state index in [1.54, 1.807) is 0 Å². The number of nitrogens with zero attached hydrogens (tertiary/aromatic N) is 1. The lowest BCUT2D eigenvalue weighted by atomic mass is 10.0. The van der Waals surface area contributed by atoms with Crippen molar-refractivity contribution >= 4 is 11.3 Å². The maximum atomic E-state index is 12.4. The minimum Gasteiger partial charge on any atom is -0.392 e. The molecule has 0 aliphatic heterocycles. The summed E-state index contributed by atoms with van der Waals surface area (Å²) in [6.45, 7) is 1.88. The Kier molecular flexibility index (Phi) is 4.45. The molecule has 0 aliphatic carbocycles. The zero-order valence-electron chi connectivity index (χ0n) is 10.8. The molecule has 1 atom stereocenters. The molecule has 20 heavy (non-hydrogen) atoms. The van der Waals surface area contributed by atoms with Crippen molar-refractivity contribution in [1.29, 1.82) is 0 Å². The van der Waals surface area contributed by atoms with Gasteiger partial charge in [-0.05, 0) is 31.0 Å². The quantitative estimate of drug-likeness (QED) is 0.935. The zero-order valence-corrected chi connectivity index (χ0v) is 11.6. The summed E-state index contributed by atoms with van der Waals surface area (Å²) in [6.07, 6.45) is -4.23. The monoisotopic (exact) mass is 301 g/mol. The highest BCUT2D eigenvalue weighted by atomic mass is 32.1. The first-order chi connectivity index (χ1) is 9.34. The number of aliphatic hydroxyl groups excluding tert-OH is 1. The first kappa shape index (κ1) is 15.0. The van der Waals surface area contributed by atoms with Gasteiger partial charge >= 0.3 is 6.18 Å². The zero-order chi connectivity index (χ0) is 14.8. The molecule has 1 unspecified atom stereocenters. The molecule has 0 saturated heterocycles. The number of thiazole rings is 1. The maximum Gasteiger partial charge on any atom is 0.416 e. The largest absolute Gasteiger partial charge is 0.416 e. The van der Waals surface area contributed by atoms with Gasteiger partial charge in [-0.25, -0.2) is 4.98 Å². The lowest BCUT2D eigenvalue weighted by Crippen LogP contribution is -2.14. The van der Waals surface area contributed by atoms with Gasteiger partial charge in [-0.3, -0.25) is 0 Å². The van der Waals surface area contributed by atoms with E-state index in [2.05, 4.69) is 4.98 Å². The van der Waals surface area contributed by atoms with E-state index in [1.807, 2.05) is 12.3 Å². The molecule has 0 bridgehead atoms. The van der Waals surface area contributed by atoms with Crippen LogP contribution in [0.4, 0.5) is 13.2 Å². The van der Waals surface area contributed by atoms with Crippen LogP contribution in [-0.2, 0) is 19.0 Å². The summed E-state index contributed by atoms with van der Waals surface area (Å²) >= 11 is 1.47. The number of hydrogen-bond donors (Lipinski definition) is 1. The van der Waals surface area contributed by atoms with Gasteiger partial charge in [0.2, 0.25) is 0 Å². The molecule has 1 aromatic carbocycles. The van der Waals surface area contributed by atoms with E-state index in [4.69, 9.17) is 0 Å². The smallest absolute Gasteiger partial charge is 0.392 e. The van der Waals surface area contributed by atoms with Crippen LogP contribution in [0.1, 0.15) is 21.8 Å². The maximum absolute atomic E-state index is 12.4. The Balaban J connectivity index is 1.96. The van der Waals surface area contributed by atoms with E-state index in [0.29, 0.717) is 18.4 Å². The average molecular weight is 301 g/mol. The van der Waals surface area contributed by atoms with E-state index in [-0.39, 0.29) is 0 Å². The number of alkyl halides is 3. The van der Waals surface area contributed by atoms with Crippen LogP contribution in [-0.4, -0.2) is 16.2 Å². The lowest BCUT2D eigenvalue weighted by Gasteiger charge is -2.10. The molecule has 108 valence electrons. The molecule has 0 radical (unpaired) electrons. The Bertz CT molecular complexity index is 563.